The molecule has 0 aliphatic carbocycles. The molecule has 2 aromatic rings. The van der Waals surface area contributed by atoms with Gasteiger partial charge < -0.3 is 19.5 Å². The predicted molar refractivity (Wildman–Crippen MR) is 109 cm³/mol. The van der Waals surface area contributed by atoms with Gasteiger partial charge in [0, 0.05) is 16.5 Å². The Labute approximate surface area is 169 Å². The van der Waals surface area contributed by atoms with Crippen molar-refractivity contribution in [1.29, 1.82) is 0 Å². The van der Waals surface area contributed by atoms with Gasteiger partial charge in [0.25, 0.3) is 5.91 Å². The summed E-state index contributed by atoms with van der Waals surface area (Å²) in [6.45, 7) is 4.28. The van der Waals surface area contributed by atoms with Crippen LogP contribution in [0, 0.1) is 0 Å². The van der Waals surface area contributed by atoms with Gasteiger partial charge in [0.15, 0.2) is 0 Å². The van der Waals surface area contributed by atoms with Crippen LogP contribution >= 0.6 is 11.8 Å². The van der Waals surface area contributed by atoms with Crippen molar-refractivity contribution in [3.05, 3.63) is 47.9 Å². The molecule has 1 unspecified atom stereocenters. The maximum atomic E-state index is 13.4. The molecule has 1 N–H and O–H groups in total. The number of hydrogen-bond acceptors (Lipinski definition) is 5. The van der Waals surface area contributed by atoms with Crippen LogP contribution in [-0.2, 0) is 11.3 Å². The normalized spacial score (nSPS) is 20.5. The average molecular weight is 400 g/mol. The summed E-state index contributed by atoms with van der Waals surface area (Å²) < 4.78 is 5.51. The highest BCUT2D eigenvalue weighted by atomic mass is 32.2. The first kappa shape index (κ1) is 19.1. The third-order valence-electron chi connectivity index (χ3n) is 5.45. The Bertz CT molecular complexity index is 860. The Morgan fingerprint density at radius 2 is 2.11 bits per heavy atom. The van der Waals surface area contributed by atoms with Crippen LogP contribution in [0.1, 0.15) is 35.9 Å². The van der Waals surface area contributed by atoms with E-state index in [-0.39, 0.29) is 23.1 Å². The Hall–Kier alpha value is -2.25. The number of likely N-dealkylation sites (tertiary alicyclic amines) is 1. The number of benzene rings is 1. The van der Waals surface area contributed by atoms with Gasteiger partial charge in [-0.25, -0.2) is 0 Å². The molecule has 2 amide bonds. The number of carbonyl (C=O) groups excluding carboxylic acids is 2. The van der Waals surface area contributed by atoms with Crippen LogP contribution in [0.4, 0.5) is 5.69 Å². The number of thioether (sulfide) groups is 1. The maximum absolute atomic E-state index is 13.4. The highest BCUT2D eigenvalue weighted by Crippen LogP contribution is 2.36. The van der Waals surface area contributed by atoms with Crippen LogP contribution in [0.5, 0.6) is 0 Å². The molecule has 3 heterocycles. The van der Waals surface area contributed by atoms with E-state index in [9.17, 15) is 9.59 Å². The van der Waals surface area contributed by atoms with Crippen LogP contribution in [-0.4, -0.2) is 53.0 Å². The van der Waals surface area contributed by atoms with Crippen LogP contribution in [0.3, 0.4) is 0 Å². The number of hydrogen-bond donors (Lipinski definition) is 1. The van der Waals surface area contributed by atoms with Crippen molar-refractivity contribution in [3.8, 4) is 0 Å². The molecule has 1 fully saturated rings. The fraction of sp³-hybridized carbons (Fsp3) is 0.429. The topological polar surface area (TPSA) is 65.8 Å². The van der Waals surface area contributed by atoms with E-state index in [1.54, 1.807) is 12.3 Å². The van der Waals surface area contributed by atoms with Crippen molar-refractivity contribution >= 4 is 29.3 Å². The summed E-state index contributed by atoms with van der Waals surface area (Å²) in [5, 5.41) is 2.80. The van der Waals surface area contributed by atoms with Gasteiger partial charge in [-0.1, -0.05) is 0 Å². The van der Waals surface area contributed by atoms with E-state index in [1.165, 1.54) is 11.8 Å². The number of amides is 2. The standard InChI is InChI=1S/C21H25N3O3S/c1-14-20(25)22-18-12-15(5-6-19(18)28-14)21(26)24(13-17-4-3-11-27-17)16-7-9-23(2)10-8-16/h3-6,11-12,14,16H,7-10,13H2,1-2H3,(H,22,25). The average Bonchev–Trinajstić information content (AvgIpc) is 3.20. The lowest BCUT2D eigenvalue weighted by Crippen LogP contribution is -2.46. The van der Waals surface area contributed by atoms with E-state index in [2.05, 4.69) is 17.3 Å². The SMILES string of the molecule is CC1Sc2ccc(C(=O)N(Cc3ccco3)C3CCN(C)CC3)cc2NC1=O. The zero-order valence-electron chi connectivity index (χ0n) is 16.2. The van der Waals surface area contributed by atoms with Gasteiger partial charge in [-0.05, 0) is 70.2 Å². The molecule has 6 nitrogen and oxygen atoms in total. The summed E-state index contributed by atoms with van der Waals surface area (Å²) in [6, 6.07) is 9.53. The van der Waals surface area contributed by atoms with Gasteiger partial charge >= 0.3 is 0 Å². The van der Waals surface area contributed by atoms with E-state index in [1.807, 2.05) is 36.1 Å². The van der Waals surface area contributed by atoms with Crippen molar-refractivity contribution in [2.24, 2.45) is 0 Å². The van der Waals surface area contributed by atoms with E-state index in [0.29, 0.717) is 12.1 Å². The van der Waals surface area contributed by atoms with Crippen LogP contribution in [0.25, 0.3) is 0 Å². The number of anilines is 1. The summed E-state index contributed by atoms with van der Waals surface area (Å²) in [4.78, 5) is 30.7. The third-order valence-corrected chi connectivity index (χ3v) is 6.63. The number of fused-ring (bicyclic) bond motifs is 1. The minimum absolute atomic E-state index is 0.0216. The van der Waals surface area contributed by atoms with Crippen molar-refractivity contribution in [1.82, 2.24) is 9.80 Å². The first-order valence-corrected chi connectivity index (χ1v) is 10.5. The quantitative estimate of drug-likeness (QED) is 0.853. The van der Waals surface area contributed by atoms with Crippen LogP contribution in [0.2, 0.25) is 0 Å². The lowest BCUT2D eigenvalue weighted by molar-refractivity contribution is -0.115. The van der Waals surface area contributed by atoms with Gasteiger partial charge in [0.2, 0.25) is 5.91 Å². The second-order valence-corrected chi connectivity index (χ2v) is 8.89. The molecule has 1 saturated heterocycles. The molecule has 0 radical (unpaired) electrons. The highest BCUT2D eigenvalue weighted by Gasteiger charge is 2.30. The second-order valence-electron chi connectivity index (χ2n) is 7.51. The number of piperidine rings is 1. The van der Waals surface area contributed by atoms with Gasteiger partial charge in [0.05, 0.1) is 23.7 Å². The van der Waals surface area contributed by atoms with Crippen molar-refractivity contribution in [2.45, 2.75) is 42.5 Å². The molecule has 7 heteroatoms. The molecule has 0 spiro atoms. The Morgan fingerprint density at radius 3 is 2.82 bits per heavy atom. The van der Waals surface area contributed by atoms with Crippen LogP contribution < -0.4 is 5.32 Å². The maximum Gasteiger partial charge on any atom is 0.254 e. The smallest absolute Gasteiger partial charge is 0.254 e. The van der Waals surface area contributed by atoms with Gasteiger partial charge in [-0.3, -0.25) is 9.59 Å². The van der Waals surface area contributed by atoms with E-state index in [4.69, 9.17) is 4.42 Å². The number of furan rings is 1. The molecule has 1 aromatic heterocycles. The third kappa shape index (κ3) is 3.95. The van der Waals surface area contributed by atoms with Crippen molar-refractivity contribution in [3.63, 3.8) is 0 Å². The fourth-order valence-electron chi connectivity index (χ4n) is 3.75. The first-order valence-electron chi connectivity index (χ1n) is 9.65. The number of nitrogens with zero attached hydrogens (tertiary/aromatic N) is 2. The lowest BCUT2D eigenvalue weighted by Gasteiger charge is -2.37. The number of carbonyl (C=O) groups is 2. The van der Waals surface area contributed by atoms with Crippen molar-refractivity contribution in [2.75, 3.05) is 25.5 Å². The molecule has 28 heavy (non-hydrogen) atoms. The minimum Gasteiger partial charge on any atom is -0.467 e. The molecule has 1 aromatic carbocycles. The zero-order chi connectivity index (χ0) is 19.7. The summed E-state index contributed by atoms with van der Waals surface area (Å²) in [5.74, 6) is 0.736. The first-order chi connectivity index (χ1) is 13.5. The zero-order valence-corrected chi connectivity index (χ0v) is 17.0. The van der Waals surface area contributed by atoms with Gasteiger partial charge in [-0.15, -0.1) is 11.8 Å². The van der Waals surface area contributed by atoms with E-state index >= 15 is 0 Å². The second kappa shape index (κ2) is 8.01. The molecule has 0 bridgehead atoms. The Morgan fingerprint density at radius 1 is 1.32 bits per heavy atom. The summed E-state index contributed by atoms with van der Waals surface area (Å²) in [6.07, 6.45) is 3.52. The van der Waals surface area contributed by atoms with Gasteiger partial charge in [0.1, 0.15) is 5.76 Å². The number of rotatable bonds is 4. The van der Waals surface area contributed by atoms with Crippen LogP contribution in [0.15, 0.2) is 45.9 Å². The molecule has 1 atom stereocenters. The highest BCUT2D eigenvalue weighted by molar-refractivity contribution is 8.00. The number of nitrogens with one attached hydrogen (secondary N) is 1. The minimum atomic E-state index is -0.122. The molecular formula is C21H25N3O3S. The predicted octanol–water partition coefficient (Wildman–Crippen LogP) is 3.45. The van der Waals surface area contributed by atoms with E-state index in [0.717, 1.165) is 42.3 Å². The van der Waals surface area contributed by atoms with E-state index < -0.39 is 0 Å². The summed E-state index contributed by atoms with van der Waals surface area (Å²) >= 11 is 1.52. The summed E-state index contributed by atoms with van der Waals surface area (Å²) in [7, 11) is 2.11. The molecule has 2 aliphatic rings. The summed E-state index contributed by atoms with van der Waals surface area (Å²) in [5.41, 5.74) is 1.32. The van der Waals surface area contributed by atoms with Gasteiger partial charge in [-0.2, -0.15) is 0 Å². The molecule has 0 saturated carbocycles. The molecule has 2 aliphatic heterocycles. The largest absolute Gasteiger partial charge is 0.467 e. The Kier molecular flexibility index (Phi) is 5.46. The molecule has 4 rings (SSSR count). The lowest BCUT2D eigenvalue weighted by atomic mass is 10.0. The molecular weight excluding hydrogens is 374 g/mol. The molecule has 148 valence electrons. The monoisotopic (exact) mass is 399 g/mol. The van der Waals surface area contributed by atoms with Crippen molar-refractivity contribution < 1.29 is 14.0 Å². The Balaban J connectivity index is 1.60. The fourth-order valence-corrected chi connectivity index (χ4v) is 4.68.